The van der Waals surface area contributed by atoms with Crippen LogP contribution in [0.3, 0.4) is 0 Å². The fraction of sp³-hybridized carbons (Fsp3) is 0.400. The fourth-order valence-corrected chi connectivity index (χ4v) is 3.34. The Labute approximate surface area is 116 Å². The first kappa shape index (κ1) is 15.5. The van der Waals surface area contributed by atoms with Crippen molar-refractivity contribution in [2.24, 2.45) is 0 Å². The smallest absolute Gasteiger partial charge is 0.409 e. The SMILES string of the molecule is C=Cc1c(CCC[Si](C)(C)C)cccc1NC(=O)O. The van der Waals surface area contributed by atoms with Gasteiger partial charge in [-0.15, -0.1) is 0 Å². The topological polar surface area (TPSA) is 49.3 Å². The highest BCUT2D eigenvalue weighted by molar-refractivity contribution is 6.76. The number of hydrogen-bond acceptors (Lipinski definition) is 1. The molecule has 0 saturated heterocycles. The number of hydrogen-bond donors (Lipinski definition) is 2. The number of carbonyl (C=O) groups is 1. The van der Waals surface area contributed by atoms with Gasteiger partial charge in [-0.05, 0) is 18.1 Å². The summed E-state index contributed by atoms with van der Waals surface area (Å²) in [6, 6.07) is 6.99. The summed E-state index contributed by atoms with van der Waals surface area (Å²) in [5.41, 5.74) is 2.69. The Morgan fingerprint density at radius 3 is 2.63 bits per heavy atom. The van der Waals surface area contributed by atoms with Crippen molar-refractivity contribution in [3.8, 4) is 0 Å². The first-order valence-corrected chi connectivity index (χ1v) is 10.3. The highest BCUT2D eigenvalue weighted by Crippen LogP contribution is 2.24. The minimum atomic E-state index is -1.04. The molecule has 2 N–H and O–H groups in total. The zero-order valence-electron chi connectivity index (χ0n) is 12.0. The van der Waals surface area contributed by atoms with Gasteiger partial charge in [0.25, 0.3) is 0 Å². The van der Waals surface area contributed by atoms with Gasteiger partial charge in [-0.2, -0.15) is 0 Å². The van der Waals surface area contributed by atoms with Crippen molar-refractivity contribution in [3.63, 3.8) is 0 Å². The molecule has 0 aliphatic heterocycles. The van der Waals surface area contributed by atoms with E-state index < -0.39 is 14.2 Å². The lowest BCUT2D eigenvalue weighted by molar-refractivity contribution is 0.209. The Morgan fingerprint density at radius 2 is 2.11 bits per heavy atom. The number of aryl methyl sites for hydroxylation is 1. The van der Waals surface area contributed by atoms with Gasteiger partial charge in [0.05, 0.1) is 5.69 Å². The summed E-state index contributed by atoms with van der Waals surface area (Å²) in [7, 11) is -1.01. The van der Waals surface area contributed by atoms with Crippen molar-refractivity contribution in [1.29, 1.82) is 0 Å². The second-order valence-electron chi connectivity index (χ2n) is 5.93. The molecule has 0 aliphatic rings. The Balaban J connectivity index is 2.83. The zero-order valence-corrected chi connectivity index (χ0v) is 13.0. The Morgan fingerprint density at radius 1 is 1.42 bits per heavy atom. The maximum atomic E-state index is 10.8. The average Bonchev–Trinajstić information content (AvgIpc) is 2.26. The molecule has 19 heavy (non-hydrogen) atoms. The summed E-state index contributed by atoms with van der Waals surface area (Å²) in [5, 5.41) is 11.2. The van der Waals surface area contributed by atoms with E-state index in [0.29, 0.717) is 5.69 Å². The van der Waals surface area contributed by atoms with Gasteiger partial charge in [-0.1, -0.05) is 56.9 Å². The van der Waals surface area contributed by atoms with Crippen LogP contribution in [-0.2, 0) is 6.42 Å². The van der Waals surface area contributed by atoms with Gasteiger partial charge in [-0.25, -0.2) is 4.79 Å². The molecule has 0 atom stereocenters. The summed E-state index contributed by atoms with van der Waals surface area (Å²) < 4.78 is 0. The fourth-order valence-electron chi connectivity index (χ4n) is 2.11. The minimum absolute atomic E-state index is 0.619. The first-order chi connectivity index (χ1) is 8.83. The molecule has 0 saturated carbocycles. The van der Waals surface area contributed by atoms with Crippen molar-refractivity contribution in [1.82, 2.24) is 0 Å². The van der Waals surface area contributed by atoms with Crippen LogP contribution in [0.1, 0.15) is 17.5 Å². The minimum Gasteiger partial charge on any atom is -0.465 e. The second kappa shape index (κ2) is 6.57. The van der Waals surface area contributed by atoms with E-state index in [4.69, 9.17) is 5.11 Å². The van der Waals surface area contributed by atoms with Crippen LogP contribution in [0.5, 0.6) is 0 Å². The van der Waals surface area contributed by atoms with Crippen molar-refractivity contribution in [2.75, 3.05) is 5.32 Å². The van der Waals surface area contributed by atoms with Gasteiger partial charge in [0.15, 0.2) is 0 Å². The predicted octanol–water partition coefficient (Wildman–Crippen LogP) is 4.69. The van der Waals surface area contributed by atoms with Crippen molar-refractivity contribution < 1.29 is 9.90 Å². The molecule has 1 amide bonds. The van der Waals surface area contributed by atoms with Gasteiger partial charge < -0.3 is 5.11 Å². The number of benzene rings is 1. The molecule has 0 aliphatic carbocycles. The van der Waals surface area contributed by atoms with Crippen LogP contribution in [0.4, 0.5) is 10.5 Å². The summed E-state index contributed by atoms with van der Waals surface area (Å²) in [4.78, 5) is 10.8. The van der Waals surface area contributed by atoms with E-state index in [2.05, 4.69) is 31.5 Å². The Kier molecular flexibility index (Phi) is 5.36. The van der Waals surface area contributed by atoms with Gasteiger partial charge in [0.1, 0.15) is 0 Å². The van der Waals surface area contributed by atoms with E-state index in [1.54, 1.807) is 12.1 Å². The van der Waals surface area contributed by atoms with Crippen LogP contribution in [0.2, 0.25) is 25.7 Å². The van der Waals surface area contributed by atoms with E-state index in [9.17, 15) is 4.79 Å². The largest absolute Gasteiger partial charge is 0.465 e. The first-order valence-electron chi connectivity index (χ1n) is 6.58. The van der Waals surface area contributed by atoms with Crippen molar-refractivity contribution in [3.05, 3.63) is 35.9 Å². The van der Waals surface area contributed by atoms with Crippen LogP contribution in [0.15, 0.2) is 24.8 Å². The lowest BCUT2D eigenvalue weighted by atomic mass is 10.0. The molecule has 4 heteroatoms. The van der Waals surface area contributed by atoms with E-state index >= 15 is 0 Å². The Hall–Kier alpha value is -1.55. The van der Waals surface area contributed by atoms with Crippen molar-refractivity contribution in [2.45, 2.75) is 38.5 Å². The molecule has 0 radical (unpaired) electrons. The summed E-state index contributed by atoms with van der Waals surface area (Å²) in [5.74, 6) is 0. The summed E-state index contributed by atoms with van der Waals surface area (Å²) in [6.07, 6.45) is 2.81. The van der Waals surface area contributed by atoms with Crippen molar-refractivity contribution >= 4 is 25.9 Å². The van der Waals surface area contributed by atoms with E-state index in [1.807, 2.05) is 12.1 Å². The lowest BCUT2D eigenvalue weighted by Crippen LogP contribution is -2.19. The lowest BCUT2D eigenvalue weighted by Gasteiger charge is -2.16. The molecule has 1 rings (SSSR count). The molecule has 0 heterocycles. The number of amides is 1. The van der Waals surface area contributed by atoms with Gasteiger partial charge in [0.2, 0.25) is 0 Å². The molecule has 104 valence electrons. The zero-order chi connectivity index (χ0) is 14.5. The monoisotopic (exact) mass is 277 g/mol. The molecular formula is C15H23NO2Si. The molecule has 0 bridgehead atoms. The second-order valence-corrected chi connectivity index (χ2v) is 11.5. The van der Waals surface area contributed by atoms with Crippen LogP contribution in [0, 0.1) is 0 Å². The molecule has 0 unspecified atom stereocenters. The third kappa shape index (κ3) is 5.30. The quantitative estimate of drug-likeness (QED) is 0.741. The third-order valence-corrected chi connectivity index (χ3v) is 4.87. The average molecular weight is 277 g/mol. The number of carboxylic acid groups (broad SMARTS) is 1. The van der Waals surface area contributed by atoms with E-state index in [0.717, 1.165) is 18.4 Å². The van der Waals surface area contributed by atoms with Crippen LogP contribution in [0.25, 0.3) is 6.08 Å². The summed E-state index contributed by atoms with van der Waals surface area (Å²) in [6.45, 7) is 10.9. The van der Waals surface area contributed by atoms with Crippen LogP contribution >= 0.6 is 0 Å². The maximum Gasteiger partial charge on any atom is 0.409 e. The number of rotatable bonds is 6. The molecule has 1 aromatic rings. The third-order valence-electron chi connectivity index (χ3n) is 3.02. The normalized spacial score (nSPS) is 11.1. The number of anilines is 1. The standard InChI is InChI=1S/C15H23NO2Si/c1-5-13-12(9-7-11-19(2,3)4)8-6-10-14(13)16-15(17)18/h5-6,8,10,16H,1,7,9,11H2,2-4H3,(H,17,18). The number of nitrogens with one attached hydrogen (secondary N) is 1. The molecule has 3 nitrogen and oxygen atoms in total. The van der Waals surface area contributed by atoms with E-state index in [-0.39, 0.29) is 0 Å². The molecular weight excluding hydrogens is 254 g/mol. The molecule has 0 fully saturated rings. The highest BCUT2D eigenvalue weighted by Gasteiger charge is 2.13. The van der Waals surface area contributed by atoms with Gasteiger partial charge >= 0.3 is 6.09 Å². The van der Waals surface area contributed by atoms with E-state index in [1.165, 1.54) is 11.6 Å². The van der Waals surface area contributed by atoms with Crippen LogP contribution < -0.4 is 5.32 Å². The Bertz CT molecular complexity index is 464. The van der Waals surface area contributed by atoms with Gasteiger partial charge in [0, 0.05) is 13.6 Å². The molecule has 0 aromatic heterocycles. The molecule has 0 spiro atoms. The van der Waals surface area contributed by atoms with Crippen LogP contribution in [-0.4, -0.2) is 19.3 Å². The highest BCUT2D eigenvalue weighted by atomic mass is 28.3. The molecule has 1 aromatic carbocycles. The predicted molar refractivity (Wildman–Crippen MR) is 84.7 cm³/mol. The maximum absolute atomic E-state index is 10.8. The van der Waals surface area contributed by atoms with Gasteiger partial charge in [-0.3, -0.25) is 5.32 Å². The summed E-state index contributed by atoms with van der Waals surface area (Å²) >= 11 is 0.